The van der Waals surface area contributed by atoms with Crippen LogP contribution >= 0.6 is 0 Å². The number of halogens is 1. The van der Waals surface area contributed by atoms with Crippen LogP contribution in [0.1, 0.15) is 16.1 Å². The van der Waals surface area contributed by atoms with Gasteiger partial charge in [-0.2, -0.15) is 0 Å². The minimum atomic E-state index is -0.541. The molecule has 0 saturated carbocycles. The average Bonchev–Trinajstić information content (AvgIpc) is 2.74. The fourth-order valence-electron chi connectivity index (χ4n) is 2.60. The fourth-order valence-corrected chi connectivity index (χ4v) is 2.60. The first-order valence-electron chi connectivity index (χ1n) is 9.05. The molecule has 0 bridgehead atoms. The number of ether oxygens (including phenoxy) is 1. The number of carbonyl (C=O) groups is 2. The average molecular weight is 393 g/mol. The Morgan fingerprint density at radius 1 is 0.931 bits per heavy atom. The standard InChI is InChI=1S/C22H20FN3O3/c23-17-9-10-18(26-22(28)19-8-4-5-12-24-19)20(14-17)25-21(27)15-29-13-11-16-6-2-1-3-7-16/h1-10,12,14H,11,13,15H2,(H,25,27)(H,26,28). The zero-order valence-corrected chi connectivity index (χ0v) is 15.6. The van der Waals surface area contributed by atoms with E-state index in [2.05, 4.69) is 15.6 Å². The molecule has 0 fully saturated rings. The normalized spacial score (nSPS) is 10.4. The zero-order valence-electron chi connectivity index (χ0n) is 15.6. The number of aromatic nitrogens is 1. The molecular weight excluding hydrogens is 373 g/mol. The van der Waals surface area contributed by atoms with E-state index >= 15 is 0 Å². The third-order valence-electron chi connectivity index (χ3n) is 4.01. The van der Waals surface area contributed by atoms with Crippen molar-refractivity contribution in [1.29, 1.82) is 0 Å². The van der Waals surface area contributed by atoms with Crippen molar-refractivity contribution in [2.75, 3.05) is 23.8 Å². The second-order valence-corrected chi connectivity index (χ2v) is 6.20. The lowest BCUT2D eigenvalue weighted by atomic mass is 10.2. The summed E-state index contributed by atoms with van der Waals surface area (Å²) < 4.78 is 19.0. The predicted octanol–water partition coefficient (Wildman–Crippen LogP) is 3.67. The highest BCUT2D eigenvalue weighted by molar-refractivity contribution is 6.06. The van der Waals surface area contributed by atoms with Crippen molar-refractivity contribution in [3.8, 4) is 0 Å². The first kappa shape index (κ1) is 20.2. The summed E-state index contributed by atoms with van der Waals surface area (Å²) in [6, 6.07) is 18.4. The van der Waals surface area contributed by atoms with Gasteiger partial charge in [0.25, 0.3) is 5.91 Å². The maximum atomic E-state index is 13.6. The van der Waals surface area contributed by atoms with E-state index in [1.807, 2.05) is 30.3 Å². The summed E-state index contributed by atoms with van der Waals surface area (Å²) in [4.78, 5) is 28.4. The molecule has 0 radical (unpaired) electrons. The molecule has 6 nitrogen and oxygen atoms in total. The van der Waals surface area contributed by atoms with Gasteiger partial charge >= 0.3 is 0 Å². The number of anilines is 2. The molecule has 0 saturated heterocycles. The molecule has 1 aromatic heterocycles. The van der Waals surface area contributed by atoms with Gasteiger partial charge in [-0.1, -0.05) is 36.4 Å². The summed E-state index contributed by atoms with van der Waals surface area (Å²) in [5, 5.41) is 5.19. The van der Waals surface area contributed by atoms with E-state index in [9.17, 15) is 14.0 Å². The van der Waals surface area contributed by atoms with E-state index in [1.165, 1.54) is 18.3 Å². The number of hydrogen-bond acceptors (Lipinski definition) is 4. The van der Waals surface area contributed by atoms with Crippen LogP contribution in [-0.4, -0.2) is 30.0 Å². The van der Waals surface area contributed by atoms with Crippen LogP contribution in [0.15, 0.2) is 72.9 Å². The number of hydrogen-bond donors (Lipinski definition) is 2. The Hall–Kier alpha value is -3.58. The smallest absolute Gasteiger partial charge is 0.274 e. The predicted molar refractivity (Wildman–Crippen MR) is 108 cm³/mol. The van der Waals surface area contributed by atoms with Gasteiger partial charge in [0.05, 0.1) is 18.0 Å². The van der Waals surface area contributed by atoms with Crippen LogP contribution in [0.25, 0.3) is 0 Å². The van der Waals surface area contributed by atoms with Gasteiger partial charge < -0.3 is 15.4 Å². The monoisotopic (exact) mass is 393 g/mol. The molecular formula is C22H20FN3O3. The summed E-state index contributed by atoms with van der Waals surface area (Å²) in [6.45, 7) is 0.195. The van der Waals surface area contributed by atoms with Crippen molar-refractivity contribution in [1.82, 2.24) is 4.98 Å². The third kappa shape index (κ3) is 6.22. The molecule has 0 spiro atoms. The van der Waals surface area contributed by atoms with Crippen LogP contribution in [0.3, 0.4) is 0 Å². The van der Waals surface area contributed by atoms with E-state index in [4.69, 9.17) is 4.74 Å². The van der Waals surface area contributed by atoms with Crippen LogP contribution in [0.2, 0.25) is 0 Å². The van der Waals surface area contributed by atoms with Crippen molar-refractivity contribution >= 4 is 23.2 Å². The number of nitrogens with one attached hydrogen (secondary N) is 2. The lowest BCUT2D eigenvalue weighted by Gasteiger charge is -2.12. The molecule has 3 aromatic rings. The molecule has 0 atom stereocenters. The number of carbonyl (C=O) groups excluding carboxylic acids is 2. The van der Waals surface area contributed by atoms with Crippen molar-refractivity contribution in [2.45, 2.75) is 6.42 Å². The Morgan fingerprint density at radius 2 is 1.72 bits per heavy atom. The molecule has 2 N–H and O–H groups in total. The molecule has 0 unspecified atom stereocenters. The maximum absolute atomic E-state index is 13.6. The molecule has 3 rings (SSSR count). The largest absolute Gasteiger partial charge is 0.371 e. The molecule has 2 amide bonds. The SMILES string of the molecule is O=C(COCCc1ccccc1)Nc1cc(F)ccc1NC(=O)c1ccccn1. The topological polar surface area (TPSA) is 80.3 Å². The Bertz CT molecular complexity index is 966. The molecule has 0 aliphatic carbocycles. The zero-order chi connectivity index (χ0) is 20.5. The lowest BCUT2D eigenvalue weighted by Crippen LogP contribution is -2.21. The van der Waals surface area contributed by atoms with E-state index < -0.39 is 17.6 Å². The van der Waals surface area contributed by atoms with Crippen molar-refractivity contribution in [3.05, 3.63) is 90.0 Å². The Morgan fingerprint density at radius 3 is 2.48 bits per heavy atom. The van der Waals surface area contributed by atoms with Gasteiger partial charge in [0.1, 0.15) is 18.1 Å². The van der Waals surface area contributed by atoms with Gasteiger partial charge in [-0.05, 0) is 42.3 Å². The summed E-state index contributed by atoms with van der Waals surface area (Å²) in [5.41, 5.74) is 1.72. The highest BCUT2D eigenvalue weighted by atomic mass is 19.1. The fraction of sp³-hybridized carbons (Fsp3) is 0.136. The van der Waals surface area contributed by atoms with Gasteiger partial charge in [-0.15, -0.1) is 0 Å². The van der Waals surface area contributed by atoms with Crippen molar-refractivity contribution < 1.29 is 18.7 Å². The summed E-state index contributed by atoms with van der Waals surface area (Å²) in [7, 11) is 0. The van der Waals surface area contributed by atoms with E-state index in [-0.39, 0.29) is 23.7 Å². The number of nitrogens with zero attached hydrogens (tertiary/aromatic N) is 1. The quantitative estimate of drug-likeness (QED) is 0.572. The summed E-state index contributed by atoms with van der Waals surface area (Å²) >= 11 is 0. The number of amides is 2. The molecule has 0 aliphatic rings. The van der Waals surface area contributed by atoms with Gasteiger partial charge in [0, 0.05) is 6.20 Å². The second kappa shape index (κ2) is 10.1. The van der Waals surface area contributed by atoms with E-state index in [0.717, 1.165) is 11.6 Å². The Labute approximate surface area is 167 Å². The highest BCUT2D eigenvalue weighted by Crippen LogP contribution is 2.23. The first-order chi connectivity index (χ1) is 14.1. The molecule has 148 valence electrons. The van der Waals surface area contributed by atoms with Crippen molar-refractivity contribution in [2.24, 2.45) is 0 Å². The lowest BCUT2D eigenvalue weighted by molar-refractivity contribution is -0.120. The summed E-state index contributed by atoms with van der Waals surface area (Å²) in [5.74, 6) is -1.45. The minimum Gasteiger partial charge on any atom is -0.371 e. The van der Waals surface area contributed by atoms with Crippen molar-refractivity contribution in [3.63, 3.8) is 0 Å². The van der Waals surface area contributed by atoms with E-state index in [0.29, 0.717) is 13.0 Å². The van der Waals surface area contributed by atoms with Gasteiger partial charge in [0.15, 0.2) is 0 Å². The van der Waals surface area contributed by atoms with Crippen LogP contribution < -0.4 is 10.6 Å². The minimum absolute atomic E-state index is 0.144. The second-order valence-electron chi connectivity index (χ2n) is 6.20. The van der Waals surface area contributed by atoms with Gasteiger partial charge in [-0.25, -0.2) is 4.39 Å². The molecule has 7 heteroatoms. The highest BCUT2D eigenvalue weighted by Gasteiger charge is 2.13. The number of benzene rings is 2. The third-order valence-corrected chi connectivity index (χ3v) is 4.01. The molecule has 0 aliphatic heterocycles. The van der Waals surface area contributed by atoms with Crippen LogP contribution in [0.4, 0.5) is 15.8 Å². The Kier molecular flexibility index (Phi) is 7.02. The van der Waals surface area contributed by atoms with Crippen LogP contribution in [0.5, 0.6) is 0 Å². The van der Waals surface area contributed by atoms with E-state index in [1.54, 1.807) is 18.2 Å². The molecule has 29 heavy (non-hydrogen) atoms. The first-order valence-corrected chi connectivity index (χ1v) is 9.05. The molecule has 2 aromatic carbocycles. The van der Waals surface area contributed by atoms with Crippen LogP contribution in [-0.2, 0) is 16.0 Å². The Balaban J connectivity index is 1.56. The van der Waals surface area contributed by atoms with Gasteiger partial charge in [0.2, 0.25) is 5.91 Å². The number of pyridine rings is 1. The molecule has 1 heterocycles. The maximum Gasteiger partial charge on any atom is 0.274 e. The van der Waals surface area contributed by atoms with Crippen LogP contribution in [0, 0.1) is 5.82 Å². The van der Waals surface area contributed by atoms with Gasteiger partial charge in [-0.3, -0.25) is 14.6 Å². The summed E-state index contributed by atoms with van der Waals surface area (Å²) in [6.07, 6.45) is 2.18. The number of rotatable bonds is 8.